The lowest BCUT2D eigenvalue weighted by atomic mass is 9.92. The highest BCUT2D eigenvalue weighted by Gasteiger charge is 2.26. The Morgan fingerprint density at radius 1 is 0.310 bits per heavy atom. The molecule has 0 saturated carbocycles. The second-order valence-electron chi connectivity index (χ2n) is 13.3. The van der Waals surface area contributed by atoms with Crippen LogP contribution in [0, 0.1) is 0 Å². The molecule has 0 aromatic heterocycles. The van der Waals surface area contributed by atoms with E-state index in [1.54, 1.807) is 121 Å². The topological polar surface area (TPSA) is 236 Å². The number of carbonyl (C=O) groups excluding carboxylic acids is 4. The lowest BCUT2D eigenvalue weighted by Gasteiger charge is -2.16. The first kappa shape index (κ1) is 45.4. The van der Waals surface area contributed by atoms with Crippen molar-refractivity contribution in [2.45, 2.75) is 75.0 Å². The Kier molecular flexibility index (Phi) is 18.7. The first-order valence-electron chi connectivity index (χ1n) is 18.2. The standard InChI is InChI=1S/2C22H22O7/c2*23-19(24)11-17(15-7-3-1-4-8-15)13-21(27)29-22(28)14-18(12-20(25)26)16-9-5-2-6-10-16/h2*1-10,17-18H,11-14H2,(H,23,24)(H,25,26). The van der Waals surface area contributed by atoms with Gasteiger partial charge in [0.2, 0.25) is 0 Å². The van der Waals surface area contributed by atoms with E-state index in [1.165, 1.54) is 0 Å². The zero-order valence-corrected chi connectivity index (χ0v) is 31.4. The molecule has 0 saturated heterocycles. The van der Waals surface area contributed by atoms with E-state index in [9.17, 15) is 38.4 Å². The second-order valence-corrected chi connectivity index (χ2v) is 13.3. The molecule has 4 rings (SSSR count). The van der Waals surface area contributed by atoms with Gasteiger partial charge in [-0.25, -0.2) is 0 Å². The Morgan fingerprint density at radius 3 is 0.638 bits per heavy atom. The third kappa shape index (κ3) is 17.2. The van der Waals surface area contributed by atoms with Gasteiger partial charge in [-0.05, 0) is 22.3 Å². The normalized spacial score (nSPS) is 12.6. The fourth-order valence-electron chi connectivity index (χ4n) is 6.20. The predicted octanol–water partition coefficient (Wildman–Crippen LogP) is 6.71. The average Bonchev–Trinajstić information content (AvgIpc) is 3.17. The van der Waals surface area contributed by atoms with Crippen molar-refractivity contribution < 1.29 is 68.3 Å². The Labute approximate surface area is 334 Å². The van der Waals surface area contributed by atoms with Gasteiger partial charge in [-0.15, -0.1) is 0 Å². The molecule has 0 spiro atoms. The molecule has 0 bridgehead atoms. The molecule has 4 atom stereocenters. The summed E-state index contributed by atoms with van der Waals surface area (Å²) in [5.41, 5.74) is 2.64. The van der Waals surface area contributed by atoms with Crippen molar-refractivity contribution in [2.24, 2.45) is 0 Å². The van der Waals surface area contributed by atoms with Crippen molar-refractivity contribution in [1.29, 1.82) is 0 Å². The lowest BCUT2D eigenvalue weighted by molar-refractivity contribution is -0.162. The molecule has 14 nitrogen and oxygen atoms in total. The molecule has 0 aliphatic rings. The predicted molar refractivity (Wildman–Crippen MR) is 206 cm³/mol. The fraction of sp³-hybridized carbons (Fsp3) is 0.273. The molecule has 4 N–H and O–H groups in total. The number of carboxylic acid groups (broad SMARTS) is 4. The second kappa shape index (κ2) is 23.8. The molecule has 58 heavy (non-hydrogen) atoms. The van der Waals surface area contributed by atoms with Crippen LogP contribution in [0.15, 0.2) is 121 Å². The number of hydrogen-bond donors (Lipinski definition) is 4. The van der Waals surface area contributed by atoms with Crippen molar-refractivity contribution in [3.63, 3.8) is 0 Å². The van der Waals surface area contributed by atoms with E-state index < -0.39 is 71.4 Å². The van der Waals surface area contributed by atoms with Gasteiger partial charge in [0.25, 0.3) is 0 Å². The highest BCUT2D eigenvalue weighted by molar-refractivity contribution is 5.88. The van der Waals surface area contributed by atoms with E-state index in [4.69, 9.17) is 29.9 Å². The van der Waals surface area contributed by atoms with Crippen LogP contribution in [0.4, 0.5) is 0 Å². The Hall–Kier alpha value is -6.96. The zero-order valence-electron chi connectivity index (χ0n) is 31.4. The highest BCUT2D eigenvalue weighted by Crippen LogP contribution is 2.28. The monoisotopic (exact) mass is 796 g/mol. The van der Waals surface area contributed by atoms with Crippen LogP contribution in [0.25, 0.3) is 0 Å². The summed E-state index contributed by atoms with van der Waals surface area (Å²) in [4.78, 5) is 93.3. The summed E-state index contributed by atoms with van der Waals surface area (Å²) in [6, 6.07) is 34.6. The molecule has 4 unspecified atom stereocenters. The van der Waals surface area contributed by atoms with Crippen LogP contribution < -0.4 is 0 Å². The number of carboxylic acids is 4. The largest absolute Gasteiger partial charge is 0.481 e. The minimum atomic E-state index is -1.07. The average molecular weight is 797 g/mol. The van der Waals surface area contributed by atoms with Crippen LogP contribution >= 0.6 is 0 Å². The fourth-order valence-corrected chi connectivity index (χ4v) is 6.20. The van der Waals surface area contributed by atoms with Crippen molar-refractivity contribution in [3.05, 3.63) is 144 Å². The zero-order chi connectivity index (χ0) is 42.5. The number of rotatable bonds is 20. The molecule has 0 aliphatic carbocycles. The van der Waals surface area contributed by atoms with Gasteiger partial charge >= 0.3 is 47.8 Å². The first-order valence-corrected chi connectivity index (χ1v) is 18.2. The van der Waals surface area contributed by atoms with Crippen molar-refractivity contribution in [2.75, 3.05) is 0 Å². The number of esters is 4. The minimum absolute atomic E-state index is 0.267. The summed E-state index contributed by atoms with van der Waals surface area (Å²) in [5.74, 6) is -10.1. The maximum atomic E-state index is 12.2. The molecule has 14 heteroatoms. The van der Waals surface area contributed by atoms with E-state index in [0.29, 0.717) is 22.3 Å². The summed E-state index contributed by atoms with van der Waals surface area (Å²) >= 11 is 0. The van der Waals surface area contributed by atoms with Crippen LogP contribution in [0.5, 0.6) is 0 Å². The smallest absolute Gasteiger partial charge is 0.314 e. The van der Waals surface area contributed by atoms with Gasteiger partial charge in [-0.2, -0.15) is 0 Å². The molecular weight excluding hydrogens is 752 g/mol. The minimum Gasteiger partial charge on any atom is -0.481 e. The summed E-state index contributed by atoms with van der Waals surface area (Å²) < 4.78 is 9.71. The summed E-state index contributed by atoms with van der Waals surface area (Å²) in [6.07, 6.45) is -2.18. The van der Waals surface area contributed by atoms with Crippen LogP contribution in [-0.4, -0.2) is 68.2 Å². The van der Waals surface area contributed by atoms with E-state index in [1.807, 2.05) is 0 Å². The van der Waals surface area contributed by atoms with Crippen LogP contribution in [0.1, 0.15) is 97.3 Å². The van der Waals surface area contributed by atoms with E-state index in [0.717, 1.165) is 0 Å². The van der Waals surface area contributed by atoms with E-state index >= 15 is 0 Å². The molecule has 0 radical (unpaired) electrons. The van der Waals surface area contributed by atoms with Crippen molar-refractivity contribution in [1.82, 2.24) is 0 Å². The van der Waals surface area contributed by atoms with Gasteiger partial charge in [0, 0.05) is 23.7 Å². The first-order chi connectivity index (χ1) is 27.7. The highest BCUT2D eigenvalue weighted by atomic mass is 16.6. The molecule has 4 aromatic rings. The molecule has 0 amide bonds. The Bertz CT molecular complexity index is 1690. The lowest BCUT2D eigenvalue weighted by Crippen LogP contribution is -2.19. The summed E-state index contributed by atoms with van der Waals surface area (Å²) in [6.45, 7) is 0. The van der Waals surface area contributed by atoms with Crippen LogP contribution in [0.2, 0.25) is 0 Å². The van der Waals surface area contributed by atoms with Gasteiger partial charge in [0.05, 0.1) is 51.4 Å². The molecule has 0 fully saturated rings. The number of benzene rings is 4. The van der Waals surface area contributed by atoms with Crippen molar-refractivity contribution >= 4 is 47.8 Å². The number of carbonyl (C=O) groups is 8. The molecule has 0 heterocycles. The summed E-state index contributed by atoms with van der Waals surface area (Å²) in [7, 11) is 0. The van der Waals surface area contributed by atoms with E-state index in [2.05, 4.69) is 0 Å². The molecular formula is C44H44O14. The molecule has 304 valence electrons. The Balaban J connectivity index is 0.000000310. The van der Waals surface area contributed by atoms with Crippen LogP contribution in [0.3, 0.4) is 0 Å². The third-order valence-corrected chi connectivity index (χ3v) is 8.88. The number of hydrogen-bond acceptors (Lipinski definition) is 10. The third-order valence-electron chi connectivity index (χ3n) is 8.88. The van der Waals surface area contributed by atoms with Crippen molar-refractivity contribution in [3.8, 4) is 0 Å². The molecule has 0 aliphatic heterocycles. The van der Waals surface area contributed by atoms with Gasteiger partial charge in [-0.1, -0.05) is 121 Å². The van der Waals surface area contributed by atoms with Gasteiger partial charge in [0.1, 0.15) is 0 Å². The maximum absolute atomic E-state index is 12.2. The van der Waals surface area contributed by atoms with Gasteiger partial charge < -0.3 is 29.9 Å². The summed E-state index contributed by atoms with van der Waals surface area (Å²) in [5, 5.41) is 36.4. The van der Waals surface area contributed by atoms with Gasteiger partial charge in [-0.3, -0.25) is 38.4 Å². The number of aliphatic carboxylic acids is 4. The Morgan fingerprint density at radius 2 is 0.483 bits per heavy atom. The maximum Gasteiger partial charge on any atom is 0.314 e. The molecule has 4 aromatic carbocycles. The van der Waals surface area contributed by atoms with E-state index in [-0.39, 0.29) is 51.4 Å². The quantitative estimate of drug-likeness (QED) is 0.0538. The number of ether oxygens (including phenoxy) is 2. The van der Waals surface area contributed by atoms with Crippen LogP contribution in [-0.2, 0) is 47.8 Å². The SMILES string of the molecule is O=C(O)CC(CC(=O)OC(=O)CC(CC(=O)O)c1ccccc1)c1ccccc1.O=C(O)CC(CC(=O)OC(=O)CC(CC(=O)O)c1ccccc1)c1ccccc1. The van der Waals surface area contributed by atoms with Gasteiger partial charge in [0.15, 0.2) is 0 Å².